The van der Waals surface area contributed by atoms with Gasteiger partial charge in [-0.3, -0.25) is 0 Å². The molecule has 3 aliphatic rings. The Kier molecular flexibility index (Phi) is 16.1. The van der Waals surface area contributed by atoms with Crippen LogP contribution < -0.4 is 15.7 Å². The molecule has 3 aliphatic heterocycles. The van der Waals surface area contributed by atoms with Crippen molar-refractivity contribution in [1.82, 2.24) is 10.2 Å². The number of esters is 1. The van der Waals surface area contributed by atoms with Crippen LogP contribution in [0.25, 0.3) is 0 Å². The minimum Gasteiger partial charge on any atom is -0.456 e. The van der Waals surface area contributed by atoms with E-state index in [9.17, 15) is 9.59 Å². The molecule has 13 heteroatoms. The third kappa shape index (κ3) is 10.9. The highest BCUT2D eigenvalue weighted by atomic mass is 28.4. The van der Waals surface area contributed by atoms with Crippen LogP contribution in [0.2, 0.25) is 5.04 Å². The van der Waals surface area contributed by atoms with Crippen LogP contribution in [0.3, 0.4) is 0 Å². The number of hydrogen-bond acceptors (Lipinski definition) is 11. The van der Waals surface area contributed by atoms with Gasteiger partial charge in [-0.2, -0.15) is 0 Å². The lowest BCUT2D eigenvalue weighted by Crippen LogP contribution is -2.70. The zero-order chi connectivity index (χ0) is 46.7. The first-order valence-corrected chi connectivity index (χ1v) is 24.9. The Morgan fingerprint density at radius 1 is 0.921 bits per heavy atom. The molecule has 2 saturated heterocycles. The largest absolute Gasteiger partial charge is 0.456 e. The number of alkyl carbamates (subject to hydrolysis) is 1. The average molecular weight is 895 g/mol. The number of carbonyl (C=O) groups is 2. The standard InChI is InChI=1S/C50H78N2O10Si/c1-17-41(62-63(47(7,8)9,37-24-20-18-21-25-37)38-26-22-19-23-27-38)50(13)40(51-46(54)61-50)31-56-30-32(2)29-49(12,55-16)43(35(5)42-36(6)44(53)60-48(10,11)59-42)58-45-34(4)39(52(14)15)28-33(3)57-45/h18-27,32-35,39-41,43,45H,17,28-31H2,1-16H3,(H,51,54)/t32-,33-,34-,35+,39?,40-,41-,43-,45+,49-,50+/m1/s1. The maximum atomic E-state index is 13.2. The minimum atomic E-state index is -3.00. The number of methoxy groups -OCH3 is 1. The Labute approximate surface area is 379 Å². The summed E-state index contributed by atoms with van der Waals surface area (Å²) in [5.74, 6) is -1.47. The van der Waals surface area contributed by atoms with Crippen molar-refractivity contribution in [1.29, 1.82) is 0 Å². The molecule has 0 aromatic heterocycles. The molecule has 12 nitrogen and oxygen atoms in total. The molecule has 0 radical (unpaired) electrons. The van der Waals surface area contributed by atoms with Gasteiger partial charge >= 0.3 is 12.1 Å². The number of hydrogen-bond donors (Lipinski definition) is 1. The fraction of sp³-hybridized carbons (Fsp3) is 0.680. The molecule has 11 atom stereocenters. The molecule has 0 saturated carbocycles. The van der Waals surface area contributed by atoms with E-state index >= 15 is 0 Å². The molecular formula is C50H78N2O10Si. The summed E-state index contributed by atoms with van der Waals surface area (Å²) in [6.07, 6.45) is -0.0848. The molecule has 63 heavy (non-hydrogen) atoms. The fourth-order valence-electron chi connectivity index (χ4n) is 10.3. The minimum absolute atomic E-state index is 0.0242. The number of rotatable bonds is 19. The monoisotopic (exact) mass is 895 g/mol. The Bertz CT molecular complexity index is 1830. The van der Waals surface area contributed by atoms with E-state index in [2.05, 4.69) is 121 Å². The molecule has 0 bridgehead atoms. The van der Waals surface area contributed by atoms with Crippen LogP contribution in [0, 0.1) is 17.8 Å². The smallest absolute Gasteiger partial charge is 0.408 e. The summed E-state index contributed by atoms with van der Waals surface area (Å²) in [6.45, 7) is 27.0. The zero-order valence-corrected chi connectivity index (χ0v) is 42.0. The van der Waals surface area contributed by atoms with E-state index in [0.29, 0.717) is 30.8 Å². The number of carbonyl (C=O) groups excluding carboxylic acids is 2. The summed E-state index contributed by atoms with van der Waals surface area (Å²) < 4.78 is 52.4. The molecule has 2 aromatic carbocycles. The summed E-state index contributed by atoms with van der Waals surface area (Å²) >= 11 is 0. The van der Waals surface area contributed by atoms with Gasteiger partial charge in [0.2, 0.25) is 5.79 Å². The molecule has 5 rings (SSSR count). The highest BCUT2D eigenvalue weighted by Crippen LogP contribution is 2.43. The summed E-state index contributed by atoms with van der Waals surface area (Å²) in [5.41, 5.74) is -1.52. The molecule has 1 N–H and O–H groups in total. The second-order valence-electron chi connectivity index (χ2n) is 20.5. The third-order valence-electron chi connectivity index (χ3n) is 13.7. The number of ether oxygens (including phenoxy) is 7. The average Bonchev–Trinajstić information content (AvgIpc) is 3.51. The van der Waals surface area contributed by atoms with Gasteiger partial charge in [-0.05, 0) is 82.4 Å². The number of nitrogens with zero attached hydrogens (tertiary/aromatic N) is 1. The lowest BCUT2D eigenvalue weighted by atomic mass is 9.80. The van der Waals surface area contributed by atoms with Crippen LogP contribution in [0.5, 0.6) is 0 Å². The Morgan fingerprint density at radius 2 is 1.51 bits per heavy atom. The van der Waals surface area contributed by atoms with Gasteiger partial charge in [-0.25, -0.2) is 9.59 Å². The quantitative estimate of drug-likeness (QED) is 0.109. The summed E-state index contributed by atoms with van der Waals surface area (Å²) in [7, 11) is 2.88. The second kappa shape index (κ2) is 20.1. The summed E-state index contributed by atoms with van der Waals surface area (Å²) in [5, 5.41) is 5.12. The van der Waals surface area contributed by atoms with Crippen molar-refractivity contribution >= 4 is 30.8 Å². The maximum absolute atomic E-state index is 13.2. The molecule has 0 aliphatic carbocycles. The van der Waals surface area contributed by atoms with Gasteiger partial charge in [0, 0.05) is 45.4 Å². The predicted molar refractivity (Wildman–Crippen MR) is 248 cm³/mol. The van der Waals surface area contributed by atoms with E-state index in [0.717, 1.165) is 16.8 Å². The van der Waals surface area contributed by atoms with Crippen molar-refractivity contribution in [3.8, 4) is 0 Å². The fourth-order valence-corrected chi connectivity index (χ4v) is 15.1. The van der Waals surface area contributed by atoms with E-state index in [-0.39, 0.29) is 35.6 Å². The number of benzene rings is 2. The van der Waals surface area contributed by atoms with Gasteiger partial charge in [-0.1, -0.05) is 109 Å². The zero-order valence-electron chi connectivity index (χ0n) is 41.0. The number of nitrogens with one attached hydrogen (secondary N) is 1. The first-order chi connectivity index (χ1) is 29.4. The van der Waals surface area contributed by atoms with Crippen LogP contribution in [0.4, 0.5) is 4.79 Å². The molecule has 2 fully saturated rings. The van der Waals surface area contributed by atoms with E-state index < -0.39 is 67.8 Å². The molecular weight excluding hydrogens is 817 g/mol. The van der Waals surface area contributed by atoms with Crippen LogP contribution >= 0.6 is 0 Å². The van der Waals surface area contributed by atoms with Gasteiger partial charge in [-0.15, -0.1) is 0 Å². The SMILES string of the molecule is CC[C@@H](O[Si](c1ccccc1)(c1ccccc1)C(C)(C)C)[C@@]1(C)OC(=O)N[C@@H]1COC[C@H](C)C[C@@](C)(OC)[C@H](O[C@@H]1O[C@H](C)CC(N(C)C)[C@H]1C)[C@@H](C)C1=C(C)C(=O)OC(C)(C)O1. The van der Waals surface area contributed by atoms with Gasteiger partial charge in [0.25, 0.3) is 8.32 Å². The number of cyclic esters (lactones) is 2. The molecule has 2 aromatic rings. The molecule has 0 spiro atoms. The predicted octanol–water partition coefficient (Wildman–Crippen LogP) is 7.96. The highest BCUT2D eigenvalue weighted by Gasteiger charge is 2.58. The number of amides is 1. The van der Waals surface area contributed by atoms with Crippen LogP contribution in [-0.2, 0) is 42.4 Å². The first kappa shape index (κ1) is 50.7. The van der Waals surface area contributed by atoms with Gasteiger partial charge in [0.1, 0.15) is 5.76 Å². The molecule has 352 valence electrons. The van der Waals surface area contributed by atoms with Crippen molar-refractivity contribution < 1.29 is 47.2 Å². The van der Waals surface area contributed by atoms with Crippen LogP contribution in [0.1, 0.15) is 109 Å². The second-order valence-corrected chi connectivity index (χ2v) is 24.7. The van der Waals surface area contributed by atoms with Gasteiger partial charge < -0.3 is 47.8 Å². The maximum Gasteiger partial charge on any atom is 0.408 e. The molecule has 1 amide bonds. The Hall–Kier alpha value is -3.30. The molecule has 3 heterocycles. The van der Waals surface area contributed by atoms with Crippen molar-refractivity contribution in [3.63, 3.8) is 0 Å². The van der Waals surface area contributed by atoms with Crippen LogP contribution in [0.15, 0.2) is 72.0 Å². The van der Waals surface area contributed by atoms with Crippen molar-refractivity contribution in [2.24, 2.45) is 17.8 Å². The molecule has 1 unspecified atom stereocenters. The lowest BCUT2D eigenvalue weighted by Gasteiger charge is -2.48. The topological polar surface area (TPSA) is 123 Å². The normalized spacial score (nSPS) is 28.3. The lowest BCUT2D eigenvalue weighted by molar-refractivity contribution is -0.285. The Balaban J connectivity index is 1.39. The highest BCUT2D eigenvalue weighted by molar-refractivity contribution is 6.99. The van der Waals surface area contributed by atoms with E-state index in [4.69, 9.17) is 37.6 Å². The third-order valence-corrected chi connectivity index (χ3v) is 18.8. The Morgan fingerprint density at radius 3 is 2.03 bits per heavy atom. The van der Waals surface area contributed by atoms with Gasteiger partial charge in [0.15, 0.2) is 11.9 Å². The summed E-state index contributed by atoms with van der Waals surface area (Å²) in [4.78, 5) is 28.6. The van der Waals surface area contributed by atoms with Crippen molar-refractivity contribution in [3.05, 3.63) is 72.0 Å². The summed E-state index contributed by atoms with van der Waals surface area (Å²) in [6, 6.07) is 20.8. The van der Waals surface area contributed by atoms with E-state index in [1.807, 2.05) is 32.9 Å². The first-order valence-electron chi connectivity index (χ1n) is 22.9. The van der Waals surface area contributed by atoms with E-state index in [1.165, 1.54) is 0 Å². The van der Waals surface area contributed by atoms with Crippen molar-refractivity contribution in [2.45, 2.75) is 168 Å². The van der Waals surface area contributed by atoms with Gasteiger partial charge in [0.05, 0.1) is 42.1 Å². The van der Waals surface area contributed by atoms with Crippen LogP contribution in [-0.4, -0.2) is 113 Å². The van der Waals surface area contributed by atoms with Crippen molar-refractivity contribution in [2.75, 3.05) is 34.4 Å². The van der Waals surface area contributed by atoms with E-state index in [1.54, 1.807) is 27.9 Å².